The van der Waals surface area contributed by atoms with Crippen LogP contribution in [0.3, 0.4) is 0 Å². The minimum absolute atomic E-state index is 0. The van der Waals surface area contributed by atoms with Gasteiger partial charge in [-0.3, -0.25) is 9.59 Å². The van der Waals surface area contributed by atoms with Gasteiger partial charge in [0.1, 0.15) is 11.5 Å². The Kier molecular flexibility index (Phi) is 12.3. The molecule has 0 spiro atoms. The number of rotatable bonds is 11. The van der Waals surface area contributed by atoms with Crippen LogP contribution in [0.15, 0.2) is 97.6 Å². The molecule has 2 aromatic heterocycles. The summed E-state index contributed by atoms with van der Waals surface area (Å²) in [4.78, 5) is 25.2. The zero-order valence-corrected chi connectivity index (χ0v) is 24.5. The molecule has 2 aromatic carbocycles. The molecule has 0 bridgehead atoms. The van der Waals surface area contributed by atoms with Gasteiger partial charge >= 0.3 is 0 Å². The minimum Gasteiger partial charge on any atom is -1.00 e. The number of nitrogens with zero attached hydrogens (tertiary/aromatic N) is 2. The van der Waals surface area contributed by atoms with Crippen molar-refractivity contribution >= 4 is 11.6 Å². The smallest absolute Gasteiger partial charge is 0.227 e. The third kappa shape index (κ3) is 8.33. The Labute approximate surface area is 244 Å². The number of pyridine rings is 2. The fourth-order valence-electron chi connectivity index (χ4n) is 3.83. The van der Waals surface area contributed by atoms with Gasteiger partial charge in [-0.1, -0.05) is 0 Å². The molecular weight excluding hydrogens is 612 g/mol. The van der Waals surface area contributed by atoms with Crippen molar-refractivity contribution in [1.82, 2.24) is 0 Å². The summed E-state index contributed by atoms with van der Waals surface area (Å²) in [5, 5.41) is 0. The zero-order chi connectivity index (χ0) is 25.3. The van der Waals surface area contributed by atoms with Crippen molar-refractivity contribution < 1.29 is 62.2 Å². The predicted octanol–water partition coefficient (Wildman–Crippen LogP) is -1.50. The highest BCUT2D eigenvalue weighted by Gasteiger charge is 2.15. The van der Waals surface area contributed by atoms with E-state index in [1.807, 2.05) is 96.3 Å². The Bertz CT molecular complexity index is 1200. The molecule has 0 saturated heterocycles. The van der Waals surface area contributed by atoms with Gasteiger partial charge in [0.15, 0.2) is 24.8 Å². The molecule has 8 heteroatoms. The number of hydrogen-bond acceptors (Lipinski definition) is 4. The quantitative estimate of drug-likeness (QED) is 0.148. The van der Waals surface area contributed by atoms with Crippen LogP contribution >= 0.6 is 0 Å². The molecule has 6 nitrogen and oxygen atoms in total. The summed E-state index contributed by atoms with van der Waals surface area (Å²) in [6, 6.07) is 22.4. The molecule has 0 unspecified atom stereocenters. The number of carbonyl (C=O) groups is 2. The van der Waals surface area contributed by atoms with Crippen molar-refractivity contribution in [2.75, 3.05) is 13.2 Å². The topological polar surface area (TPSA) is 60.4 Å². The highest BCUT2D eigenvalue weighted by Crippen LogP contribution is 2.17. The van der Waals surface area contributed by atoms with Gasteiger partial charge < -0.3 is 43.4 Å². The second-order valence-electron chi connectivity index (χ2n) is 8.28. The standard InChI is InChI=1S/C30H30N2O4.2BrH/c1-3-35-27-9-5-25(6-10-27)29(33)21-31-17-13-23(14-18-31)24-15-19-32(20-16-24)22-30(34)26-7-11-28(12-8-26)36-4-2;;/h5-20H,3-4,21-22H2,1-2H3;2*1H/q+2;;/p-2. The van der Waals surface area contributed by atoms with Crippen molar-refractivity contribution in [3.8, 4) is 22.6 Å². The largest absolute Gasteiger partial charge is 1.00 e. The van der Waals surface area contributed by atoms with Crippen LogP contribution in [-0.2, 0) is 13.1 Å². The van der Waals surface area contributed by atoms with Gasteiger partial charge in [0, 0.05) is 35.4 Å². The van der Waals surface area contributed by atoms with Crippen LogP contribution in [-0.4, -0.2) is 24.8 Å². The number of ether oxygens (including phenoxy) is 2. The molecule has 0 atom stereocenters. The zero-order valence-electron chi connectivity index (χ0n) is 21.3. The van der Waals surface area contributed by atoms with E-state index in [-0.39, 0.29) is 58.6 Å². The van der Waals surface area contributed by atoms with E-state index in [1.165, 1.54) is 0 Å². The van der Waals surface area contributed by atoms with E-state index < -0.39 is 0 Å². The van der Waals surface area contributed by atoms with Gasteiger partial charge in [0.25, 0.3) is 0 Å². The summed E-state index contributed by atoms with van der Waals surface area (Å²) < 4.78 is 14.6. The molecule has 4 aromatic rings. The lowest BCUT2D eigenvalue weighted by atomic mass is 10.1. The normalized spacial score (nSPS) is 10.1. The van der Waals surface area contributed by atoms with Gasteiger partial charge in [-0.05, 0) is 73.5 Å². The van der Waals surface area contributed by atoms with E-state index >= 15 is 0 Å². The third-order valence-electron chi connectivity index (χ3n) is 5.74. The molecule has 0 amide bonds. The van der Waals surface area contributed by atoms with Crippen molar-refractivity contribution in [2.24, 2.45) is 0 Å². The first kappa shape index (κ1) is 30.9. The van der Waals surface area contributed by atoms with Crippen LogP contribution in [0, 0.1) is 0 Å². The molecule has 4 rings (SSSR count). The second-order valence-corrected chi connectivity index (χ2v) is 8.28. The summed E-state index contributed by atoms with van der Waals surface area (Å²) in [5.41, 5.74) is 3.37. The maximum Gasteiger partial charge on any atom is 0.227 e. The predicted molar refractivity (Wildman–Crippen MR) is 136 cm³/mol. The number of ketones is 2. The Morgan fingerprint density at radius 1 is 0.553 bits per heavy atom. The Morgan fingerprint density at radius 3 is 1.16 bits per heavy atom. The summed E-state index contributed by atoms with van der Waals surface area (Å²) >= 11 is 0. The fourth-order valence-corrected chi connectivity index (χ4v) is 3.83. The van der Waals surface area contributed by atoms with Gasteiger partial charge in [-0.25, -0.2) is 0 Å². The first-order chi connectivity index (χ1) is 17.6. The number of hydrogen-bond donors (Lipinski definition) is 0. The Morgan fingerprint density at radius 2 is 0.868 bits per heavy atom. The molecular formula is C30H30Br2N2O4. The van der Waals surface area contributed by atoms with Crippen LogP contribution in [0.2, 0.25) is 0 Å². The summed E-state index contributed by atoms with van der Waals surface area (Å²) in [7, 11) is 0. The van der Waals surface area contributed by atoms with Gasteiger partial charge in [0.05, 0.1) is 13.2 Å². The fraction of sp³-hybridized carbons (Fsp3) is 0.200. The Hall–Kier alpha value is -3.36. The summed E-state index contributed by atoms with van der Waals surface area (Å²) in [6.45, 7) is 5.57. The lowest BCUT2D eigenvalue weighted by Gasteiger charge is -2.04. The van der Waals surface area contributed by atoms with Crippen molar-refractivity contribution in [3.05, 3.63) is 109 Å². The van der Waals surface area contributed by atoms with Gasteiger partial charge in [-0.15, -0.1) is 0 Å². The maximum absolute atomic E-state index is 12.6. The summed E-state index contributed by atoms with van der Waals surface area (Å²) in [5.74, 6) is 1.59. The molecule has 0 saturated carbocycles. The van der Waals surface area contributed by atoms with Crippen LogP contribution < -0.4 is 52.6 Å². The number of benzene rings is 2. The summed E-state index contributed by atoms with van der Waals surface area (Å²) in [6.07, 6.45) is 7.60. The van der Waals surface area contributed by atoms with Gasteiger partial charge in [-0.2, -0.15) is 9.13 Å². The van der Waals surface area contributed by atoms with Crippen LogP contribution in [0.25, 0.3) is 11.1 Å². The molecule has 0 aliphatic rings. The highest BCUT2D eigenvalue weighted by atomic mass is 79.9. The average molecular weight is 642 g/mol. The average Bonchev–Trinajstić information content (AvgIpc) is 2.91. The number of halogens is 2. The SMILES string of the molecule is CCOc1ccc(C(=O)C[n+]2ccc(-c3cc[n+](CC(=O)c4ccc(OCC)cc4)cc3)cc2)cc1.[Br-].[Br-]. The lowest BCUT2D eigenvalue weighted by molar-refractivity contribution is -0.683. The molecule has 0 N–H and O–H groups in total. The van der Waals surface area contributed by atoms with Crippen LogP contribution in [0.5, 0.6) is 11.5 Å². The molecule has 2 heterocycles. The Balaban J connectivity index is 0.00000253. The molecule has 0 aliphatic heterocycles. The molecule has 0 aliphatic carbocycles. The van der Waals surface area contributed by atoms with E-state index in [9.17, 15) is 9.59 Å². The monoisotopic (exact) mass is 640 g/mol. The highest BCUT2D eigenvalue weighted by molar-refractivity contribution is 5.95. The first-order valence-electron chi connectivity index (χ1n) is 12.1. The lowest BCUT2D eigenvalue weighted by Crippen LogP contribution is -3.00. The van der Waals surface area contributed by atoms with E-state index in [4.69, 9.17) is 9.47 Å². The van der Waals surface area contributed by atoms with Crippen molar-refractivity contribution in [3.63, 3.8) is 0 Å². The second kappa shape index (κ2) is 15.1. The van der Waals surface area contributed by atoms with Crippen molar-refractivity contribution in [2.45, 2.75) is 26.9 Å². The van der Waals surface area contributed by atoms with E-state index in [1.54, 1.807) is 24.3 Å². The number of Topliss-reactive ketones (excluding diaryl/α,β-unsaturated/α-hetero) is 2. The van der Waals surface area contributed by atoms with Crippen LogP contribution in [0.4, 0.5) is 0 Å². The van der Waals surface area contributed by atoms with E-state index in [0.717, 1.165) is 22.6 Å². The minimum atomic E-state index is 0. The third-order valence-corrected chi connectivity index (χ3v) is 5.74. The number of carbonyl (C=O) groups excluding carboxylic acids is 2. The number of aromatic nitrogens is 2. The van der Waals surface area contributed by atoms with Crippen molar-refractivity contribution in [1.29, 1.82) is 0 Å². The molecule has 0 fully saturated rings. The molecule has 0 radical (unpaired) electrons. The van der Waals surface area contributed by atoms with E-state index in [2.05, 4.69) is 0 Å². The molecule has 198 valence electrons. The maximum atomic E-state index is 12.6. The first-order valence-corrected chi connectivity index (χ1v) is 12.1. The van der Waals surface area contributed by atoms with Gasteiger partial charge in [0.2, 0.25) is 24.7 Å². The van der Waals surface area contributed by atoms with E-state index in [0.29, 0.717) is 24.3 Å². The molecule has 38 heavy (non-hydrogen) atoms. The van der Waals surface area contributed by atoms with Crippen LogP contribution in [0.1, 0.15) is 34.6 Å².